The van der Waals surface area contributed by atoms with Crippen LogP contribution in [0.25, 0.3) is 0 Å². The topological polar surface area (TPSA) is 44.9 Å². The molecule has 0 amide bonds. The lowest BCUT2D eigenvalue weighted by molar-refractivity contribution is 0.160. The number of piperazine rings is 1. The lowest BCUT2D eigenvalue weighted by atomic mass is 10.2. The monoisotopic (exact) mass is 170 g/mol. The Bertz CT molecular complexity index is 178. The Balaban J connectivity index is 2.56. The second kappa shape index (κ2) is 3.76. The van der Waals surface area contributed by atoms with Crippen LogP contribution in [0, 0.1) is 0 Å². The van der Waals surface area contributed by atoms with Gasteiger partial charge >= 0.3 is 0 Å². The Labute approximate surface area is 74.0 Å². The fourth-order valence-electron chi connectivity index (χ4n) is 1.61. The van der Waals surface area contributed by atoms with Gasteiger partial charge < -0.3 is 15.5 Å². The minimum atomic E-state index is 0.479. The van der Waals surface area contributed by atoms with Crippen LogP contribution in [0.15, 0.2) is 4.99 Å². The number of hydrogen-bond acceptors (Lipinski definition) is 2. The van der Waals surface area contributed by atoms with Gasteiger partial charge in [-0.25, -0.2) is 0 Å². The molecule has 1 aliphatic heterocycles. The van der Waals surface area contributed by atoms with Crippen LogP contribution in [0.1, 0.15) is 6.92 Å². The van der Waals surface area contributed by atoms with Crippen molar-refractivity contribution in [1.29, 1.82) is 0 Å². The zero-order valence-corrected chi connectivity index (χ0v) is 8.12. The van der Waals surface area contributed by atoms with Crippen molar-refractivity contribution in [2.45, 2.75) is 13.0 Å². The van der Waals surface area contributed by atoms with E-state index in [-0.39, 0.29) is 0 Å². The number of hydrogen-bond donors (Lipinski definition) is 1. The summed E-state index contributed by atoms with van der Waals surface area (Å²) in [6.07, 6.45) is 0. The van der Waals surface area contributed by atoms with Crippen molar-refractivity contribution < 1.29 is 0 Å². The van der Waals surface area contributed by atoms with Gasteiger partial charge in [-0.1, -0.05) is 0 Å². The van der Waals surface area contributed by atoms with E-state index in [1.807, 2.05) is 0 Å². The lowest BCUT2D eigenvalue weighted by Crippen LogP contribution is -2.54. The van der Waals surface area contributed by atoms with Crippen LogP contribution in [-0.2, 0) is 0 Å². The second-order valence-electron chi connectivity index (χ2n) is 3.39. The lowest BCUT2D eigenvalue weighted by Gasteiger charge is -2.38. The Hall–Kier alpha value is -0.770. The number of aliphatic imine (C=N–C) groups is 1. The normalized spacial score (nSPS) is 27.8. The third kappa shape index (κ3) is 1.88. The number of nitrogens with zero attached hydrogens (tertiary/aromatic N) is 3. The molecule has 70 valence electrons. The van der Waals surface area contributed by atoms with E-state index in [1.165, 1.54) is 0 Å². The van der Waals surface area contributed by atoms with Gasteiger partial charge in [-0.05, 0) is 14.0 Å². The smallest absolute Gasteiger partial charge is 0.191 e. The maximum absolute atomic E-state index is 5.74. The van der Waals surface area contributed by atoms with Crippen LogP contribution in [0.4, 0.5) is 0 Å². The van der Waals surface area contributed by atoms with E-state index in [0.29, 0.717) is 12.0 Å². The highest BCUT2D eigenvalue weighted by Crippen LogP contribution is 2.06. The minimum Gasteiger partial charge on any atom is -0.370 e. The SMILES string of the molecule is CN=C(N)N1CCN(C)CC1C. The van der Waals surface area contributed by atoms with Gasteiger partial charge in [-0.15, -0.1) is 0 Å². The molecule has 1 rings (SSSR count). The van der Waals surface area contributed by atoms with Gasteiger partial charge in [0.15, 0.2) is 5.96 Å². The van der Waals surface area contributed by atoms with E-state index in [0.717, 1.165) is 19.6 Å². The molecule has 1 fully saturated rings. The number of likely N-dealkylation sites (N-methyl/N-ethyl adjacent to an activating group) is 1. The molecule has 1 aliphatic rings. The van der Waals surface area contributed by atoms with E-state index in [9.17, 15) is 0 Å². The Kier molecular flexibility index (Phi) is 2.92. The van der Waals surface area contributed by atoms with Gasteiger partial charge in [-0.2, -0.15) is 0 Å². The van der Waals surface area contributed by atoms with Crippen LogP contribution in [0.3, 0.4) is 0 Å². The largest absolute Gasteiger partial charge is 0.370 e. The summed E-state index contributed by atoms with van der Waals surface area (Å²) in [4.78, 5) is 8.45. The fraction of sp³-hybridized carbons (Fsp3) is 0.875. The van der Waals surface area contributed by atoms with Crippen LogP contribution in [0.5, 0.6) is 0 Å². The summed E-state index contributed by atoms with van der Waals surface area (Å²) in [6, 6.07) is 0.479. The van der Waals surface area contributed by atoms with Crippen LogP contribution in [0.2, 0.25) is 0 Å². The summed E-state index contributed by atoms with van der Waals surface area (Å²) >= 11 is 0. The van der Waals surface area contributed by atoms with E-state index in [2.05, 4.69) is 28.8 Å². The molecule has 4 nitrogen and oxygen atoms in total. The zero-order valence-electron chi connectivity index (χ0n) is 8.12. The summed E-state index contributed by atoms with van der Waals surface area (Å²) in [6.45, 7) is 5.30. The Morgan fingerprint density at radius 3 is 2.67 bits per heavy atom. The predicted octanol–water partition coefficient (Wildman–Crippen LogP) is -0.433. The van der Waals surface area contributed by atoms with Crippen molar-refractivity contribution in [3.8, 4) is 0 Å². The molecular weight excluding hydrogens is 152 g/mol. The molecule has 4 heteroatoms. The van der Waals surface area contributed by atoms with Crippen LogP contribution < -0.4 is 5.73 Å². The van der Waals surface area contributed by atoms with Crippen LogP contribution >= 0.6 is 0 Å². The van der Waals surface area contributed by atoms with E-state index >= 15 is 0 Å². The quantitative estimate of drug-likeness (QED) is 0.396. The highest BCUT2D eigenvalue weighted by Gasteiger charge is 2.22. The second-order valence-corrected chi connectivity index (χ2v) is 3.39. The van der Waals surface area contributed by atoms with Crippen molar-refractivity contribution in [3.05, 3.63) is 0 Å². The molecule has 1 heterocycles. The van der Waals surface area contributed by atoms with Gasteiger partial charge in [0.2, 0.25) is 0 Å². The average molecular weight is 170 g/mol. The summed E-state index contributed by atoms with van der Waals surface area (Å²) in [5.41, 5.74) is 5.74. The van der Waals surface area contributed by atoms with E-state index in [4.69, 9.17) is 5.73 Å². The average Bonchev–Trinajstić information content (AvgIpc) is 2.03. The summed E-state index contributed by atoms with van der Waals surface area (Å²) in [5.74, 6) is 0.663. The maximum Gasteiger partial charge on any atom is 0.191 e. The first-order valence-electron chi connectivity index (χ1n) is 4.32. The van der Waals surface area contributed by atoms with Crippen molar-refractivity contribution in [1.82, 2.24) is 9.80 Å². The first kappa shape index (κ1) is 9.32. The molecule has 0 aromatic rings. The number of guanidine groups is 1. The van der Waals surface area contributed by atoms with E-state index in [1.54, 1.807) is 7.05 Å². The maximum atomic E-state index is 5.74. The van der Waals surface area contributed by atoms with Gasteiger partial charge in [0, 0.05) is 32.7 Å². The molecule has 12 heavy (non-hydrogen) atoms. The summed E-state index contributed by atoms with van der Waals surface area (Å²) in [7, 11) is 3.87. The molecule has 1 unspecified atom stereocenters. The highest BCUT2D eigenvalue weighted by atomic mass is 15.3. The standard InChI is InChI=1S/C8H18N4/c1-7-6-11(3)4-5-12(7)8(9)10-2/h7H,4-6H2,1-3H3,(H2,9,10). The van der Waals surface area contributed by atoms with Gasteiger partial charge in [0.1, 0.15) is 0 Å². The molecule has 0 bridgehead atoms. The molecule has 0 radical (unpaired) electrons. The summed E-state index contributed by atoms with van der Waals surface area (Å²) in [5, 5.41) is 0. The van der Waals surface area contributed by atoms with Crippen molar-refractivity contribution >= 4 is 5.96 Å². The fourth-order valence-corrected chi connectivity index (χ4v) is 1.61. The minimum absolute atomic E-state index is 0.479. The van der Waals surface area contributed by atoms with Crippen molar-refractivity contribution in [2.75, 3.05) is 33.7 Å². The molecular formula is C8H18N4. The molecule has 0 aromatic carbocycles. The number of rotatable bonds is 0. The predicted molar refractivity (Wildman–Crippen MR) is 51.2 cm³/mol. The molecule has 0 aliphatic carbocycles. The third-order valence-electron chi connectivity index (χ3n) is 2.35. The first-order valence-corrected chi connectivity index (χ1v) is 4.32. The van der Waals surface area contributed by atoms with Crippen molar-refractivity contribution in [3.63, 3.8) is 0 Å². The van der Waals surface area contributed by atoms with Crippen LogP contribution in [-0.4, -0.2) is 55.5 Å². The molecule has 2 N–H and O–H groups in total. The molecule has 1 atom stereocenters. The Morgan fingerprint density at radius 1 is 1.50 bits per heavy atom. The van der Waals surface area contributed by atoms with E-state index < -0.39 is 0 Å². The van der Waals surface area contributed by atoms with Crippen molar-refractivity contribution in [2.24, 2.45) is 10.7 Å². The highest BCUT2D eigenvalue weighted by molar-refractivity contribution is 5.78. The summed E-state index contributed by atoms with van der Waals surface area (Å²) < 4.78 is 0. The molecule has 0 saturated carbocycles. The third-order valence-corrected chi connectivity index (χ3v) is 2.35. The first-order chi connectivity index (χ1) is 5.65. The van der Waals surface area contributed by atoms with Gasteiger partial charge in [-0.3, -0.25) is 4.99 Å². The molecule has 0 spiro atoms. The number of nitrogens with two attached hydrogens (primary N) is 1. The molecule has 1 saturated heterocycles. The van der Waals surface area contributed by atoms with Gasteiger partial charge in [0.05, 0.1) is 0 Å². The molecule has 0 aromatic heterocycles. The zero-order chi connectivity index (χ0) is 9.14. The van der Waals surface area contributed by atoms with Gasteiger partial charge in [0.25, 0.3) is 0 Å². The Morgan fingerprint density at radius 2 is 2.17 bits per heavy atom.